The molecule has 0 saturated carbocycles. The van der Waals surface area contributed by atoms with Crippen molar-refractivity contribution in [1.29, 1.82) is 0 Å². The van der Waals surface area contributed by atoms with Gasteiger partial charge in [0.1, 0.15) is 28.6 Å². The Balaban J connectivity index is 2.47. The maximum Gasteiger partial charge on any atom is 0.193 e. The van der Waals surface area contributed by atoms with Crippen molar-refractivity contribution in [3.63, 3.8) is 0 Å². The average molecular weight is 368 g/mol. The number of carbonyl (C=O) groups is 1. The second kappa shape index (κ2) is 8.94. The monoisotopic (exact) mass is 368 g/mol. The minimum atomic E-state index is -0.390. The van der Waals surface area contributed by atoms with Crippen molar-refractivity contribution in [3.8, 4) is 23.0 Å². The minimum Gasteiger partial charge on any atom is -0.508 e. The van der Waals surface area contributed by atoms with E-state index in [1.165, 1.54) is 38.5 Å². The zero-order chi connectivity index (χ0) is 20.0. The minimum absolute atomic E-state index is 0.0884. The highest BCUT2D eigenvalue weighted by Gasteiger charge is 2.22. The van der Waals surface area contributed by atoms with Crippen LogP contribution in [0.3, 0.4) is 0 Å². The van der Waals surface area contributed by atoms with E-state index in [2.05, 4.69) is 0 Å². The van der Waals surface area contributed by atoms with Crippen LogP contribution in [0.1, 0.15) is 35.3 Å². The van der Waals surface area contributed by atoms with Crippen LogP contribution in [0.25, 0.3) is 6.08 Å². The van der Waals surface area contributed by atoms with Crippen molar-refractivity contribution < 1.29 is 24.5 Å². The van der Waals surface area contributed by atoms with E-state index in [0.717, 1.165) is 11.1 Å². The third kappa shape index (κ3) is 4.91. The molecule has 0 aliphatic heterocycles. The number of phenols is 2. The summed E-state index contributed by atoms with van der Waals surface area (Å²) >= 11 is 0. The summed E-state index contributed by atoms with van der Waals surface area (Å²) in [7, 11) is 2.97. The molecule has 5 heteroatoms. The SMILES string of the molecule is COc1cc(O)c(C(=O)/C=C/c2ccc(O)cc2)c(OC)c1CC=C(C)C. The molecule has 2 N–H and O–H groups in total. The number of phenolic OH excluding ortho intramolecular Hbond substituents is 2. The molecular formula is C22H24O5. The van der Waals surface area contributed by atoms with Crippen molar-refractivity contribution in [1.82, 2.24) is 0 Å². The van der Waals surface area contributed by atoms with E-state index in [-0.39, 0.29) is 17.1 Å². The molecule has 0 aliphatic rings. The fourth-order valence-electron chi connectivity index (χ4n) is 2.65. The van der Waals surface area contributed by atoms with Gasteiger partial charge in [0.15, 0.2) is 5.78 Å². The molecule has 0 aromatic heterocycles. The lowest BCUT2D eigenvalue weighted by atomic mass is 9.99. The van der Waals surface area contributed by atoms with Crippen molar-refractivity contribution >= 4 is 11.9 Å². The van der Waals surface area contributed by atoms with E-state index in [9.17, 15) is 15.0 Å². The molecule has 2 rings (SSSR count). The van der Waals surface area contributed by atoms with Gasteiger partial charge in [-0.1, -0.05) is 29.9 Å². The zero-order valence-electron chi connectivity index (χ0n) is 15.9. The molecule has 0 aliphatic carbocycles. The van der Waals surface area contributed by atoms with Crippen molar-refractivity contribution in [3.05, 3.63) is 64.7 Å². The van der Waals surface area contributed by atoms with Crippen LogP contribution in [0, 0.1) is 0 Å². The lowest BCUT2D eigenvalue weighted by Crippen LogP contribution is -2.05. The van der Waals surface area contributed by atoms with Crippen LogP contribution >= 0.6 is 0 Å². The molecule has 142 valence electrons. The quantitative estimate of drug-likeness (QED) is 0.427. The van der Waals surface area contributed by atoms with Gasteiger partial charge in [-0.2, -0.15) is 0 Å². The van der Waals surface area contributed by atoms with E-state index < -0.39 is 5.78 Å². The summed E-state index contributed by atoms with van der Waals surface area (Å²) in [5, 5.41) is 19.7. The van der Waals surface area contributed by atoms with E-state index >= 15 is 0 Å². The summed E-state index contributed by atoms with van der Waals surface area (Å²) < 4.78 is 10.8. The predicted octanol–water partition coefficient (Wildman–Crippen LogP) is 4.52. The van der Waals surface area contributed by atoms with Crippen LogP contribution in [0.4, 0.5) is 0 Å². The van der Waals surface area contributed by atoms with Crippen molar-refractivity contribution in [2.24, 2.45) is 0 Å². The highest BCUT2D eigenvalue weighted by atomic mass is 16.5. The molecule has 0 bridgehead atoms. The number of benzene rings is 2. The van der Waals surface area contributed by atoms with Crippen LogP contribution in [0.5, 0.6) is 23.0 Å². The van der Waals surface area contributed by atoms with Crippen LogP contribution in [-0.2, 0) is 6.42 Å². The summed E-state index contributed by atoms with van der Waals surface area (Å²) in [4.78, 5) is 12.7. The molecule has 27 heavy (non-hydrogen) atoms. The second-order valence-corrected chi connectivity index (χ2v) is 6.26. The molecule has 0 fully saturated rings. The number of aromatic hydroxyl groups is 2. The number of rotatable bonds is 7. The first-order chi connectivity index (χ1) is 12.9. The average Bonchev–Trinajstić information content (AvgIpc) is 2.65. The Bertz CT molecular complexity index is 873. The molecule has 0 spiro atoms. The Morgan fingerprint density at radius 2 is 1.74 bits per heavy atom. The molecule has 0 heterocycles. The Kier molecular flexibility index (Phi) is 6.66. The first-order valence-corrected chi connectivity index (χ1v) is 8.49. The number of methoxy groups -OCH3 is 2. The van der Waals surface area contributed by atoms with Crippen LogP contribution in [-0.4, -0.2) is 30.2 Å². The topological polar surface area (TPSA) is 76.0 Å². The molecule has 0 atom stereocenters. The van der Waals surface area contributed by atoms with E-state index in [1.807, 2.05) is 19.9 Å². The number of hydrogen-bond acceptors (Lipinski definition) is 5. The van der Waals surface area contributed by atoms with Gasteiger partial charge in [-0.3, -0.25) is 4.79 Å². The molecule has 0 amide bonds. The fourth-order valence-corrected chi connectivity index (χ4v) is 2.65. The molecule has 0 unspecified atom stereocenters. The van der Waals surface area contributed by atoms with Gasteiger partial charge < -0.3 is 19.7 Å². The summed E-state index contributed by atoms with van der Waals surface area (Å²) in [5.74, 6) is 0.311. The summed E-state index contributed by atoms with van der Waals surface area (Å²) in [5.41, 5.74) is 2.65. The second-order valence-electron chi connectivity index (χ2n) is 6.26. The molecule has 0 radical (unpaired) electrons. The highest BCUT2D eigenvalue weighted by Crippen LogP contribution is 2.39. The molecule has 0 saturated heterocycles. The molecule has 2 aromatic rings. The number of ether oxygens (including phenoxy) is 2. The van der Waals surface area contributed by atoms with Gasteiger partial charge >= 0.3 is 0 Å². The fraction of sp³-hybridized carbons (Fsp3) is 0.227. The largest absolute Gasteiger partial charge is 0.508 e. The van der Waals surface area contributed by atoms with Gasteiger partial charge in [0.25, 0.3) is 0 Å². The Morgan fingerprint density at radius 3 is 2.30 bits per heavy atom. The lowest BCUT2D eigenvalue weighted by molar-refractivity contribution is 0.104. The normalized spacial score (nSPS) is 10.7. The molecular weight excluding hydrogens is 344 g/mol. The first kappa shape index (κ1) is 20.1. The number of allylic oxidation sites excluding steroid dienone is 3. The van der Waals surface area contributed by atoms with Gasteiger partial charge in [0, 0.05) is 11.6 Å². The lowest BCUT2D eigenvalue weighted by Gasteiger charge is -2.16. The van der Waals surface area contributed by atoms with Crippen LogP contribution in [0.2, 0.25) is 0 Å². The zero-order valence-corrected chi connectivity index (χ0v) is 15.9. The van der Waals surface area contributed by atoms with Gasteiger partial charge in [0.05, 0.1) is 14.2 Å². The van der Waals surface area contributed by atoms with Gasteiger partial charge in [0.2, 0.25) is 0 Å². The maximum absolute atomic E-state index is 12.7. The van der Waals surface area contributed by atoms with E-state index in [4.69, 9.17) is 9.47 Å². The Hall–Kier alpha value is -3.21. The van der Waals surface area contributed by atoms with Gasteiger partial charge in [-0.25, -0.2) is 0 Å². The predicted molar refractivity (Wildman–Crippen MR) is 106 cm³/mol. The third-order valence-corrected chi connectivity index (χ3v) is 4.03. The first-order valence-electron chi connectivity index (χ1n) is 8.49. The number of carbonyl (C=O) groups excluding carboxylic acids is 1. The molecule has 5 nitrogen and oxygen atoms in total. The van der Waals surface area contributed by atoms with Crippen molar-refractivity contribution in [2.45, 2.75) is 20.3 Å². The van der Waals surface area contributed by atoms with Crippen LogP contribution in [0.15, 0.2) is 48.1 Å². The standard InChI is InChI=1S/C22H24O5/c1-14(2)5-11-17-20(26-3)13-19(25)21(22(17)27-4)18(24)12-8-15-6-9-16(23)10-7-15/h5-10,12-13,23,25H,11H2,1-4H3/b12-8+. The van der Waals surface area contributed by atoms with Gasteiger partial charge in [-0.05, 0) is 44.0 Å². The Labute approximate surface area is 159 Å². The summed E-state index contributed by atoms with van der Waals surface area (Å²) in [6, 6.07) is 7.87. The molecule has 2 aromatic carbocycles. The number of ketones is 1. The maximum atomic E-state index is 12.7. The van der Waals surface area contributed by atoms with Crippen molar-refractivity contribution in [2.75, 3.05) is 14.2 Å². The number of hydrogen-bond donors (Lipinski definition) is 2. The highest BCUT2D eigenvalue weighted by molar-refractivity contribution is 6.11. The van der Waals surface area contributed by atoms with E-state index in [1.54, 1.807) is 18.2 Å². The Morgan fingerprint density at radius 1 is 1.07 bits per heavy atom. The smallest absolute Gasteiger partial charge is 0.193 e. The summed E-state index contributed by atoms with van der Waals surface area (Å²) in [6.45, 7) is 3.96. The third-order valence-electron chi connectivity index (χ3n) is 4.03. The summed E-state index contributed by atoms with van der Waals surface area (Å²) in [6.07, 6.45) is 5.48. The van der Waals surface area contributed by atoms with Gasteiger partial charge in [-0.15, -0.1) is 0 Å². The van der Waals surface area contributed by atoms with E-state index in [0.29, 0.717) is 23.5 Å². The van der Waals surface area contributed by atoms with Crippen LogP contribution < -0.4 is 9.47 Å².